The second-order valence-electron chi connectivity index (χ2n) is 6.13. The van der Waals surface area contributed by atoms with Gasteiger partial charge in [0.05, 0.1) is 11.4 Å². The molecule has 0 atom stereocenters. The van der Waals surface area contributed by atoms with E-state index in [1.54, 1.807) is 4.80 Å². The van der Waals surface area contributed by atoms with E-state index in [-0.39, 0.29) is 5.91 Å². The van der Waals surface area contributed by atoms with Crippen molar-refractivity contribution in [2.45, 2.75) is 11.8 Å². The fourth-order valence-corrected chi connectivity index (χ4v) is 3.45. The Morgan fingerprint density at radius 2 is 1.59 bits per heavy atom. The summed E-state index contributed by atoms with van der Waals surface area (Å²) in [5.41, 5.74) is 4.17. The standard InChI is InChI=1S/C21H18N4OS/c1-15-12-19-20(24-25(23-19)16-8-4-2-5-9-16)13-18(15)22-21(26)14-27-17-10-6-3-7-11-17/h2-13H,14H2,1H3,(H,22,26). The van der Waals surface area contributed by atoms with E-state index in [4.69, 9.17) is 0 Å². The fraction of sp³-hybridized carbons (Fsp3) is 0.0952. The van der Waals surface area contributed by atoms with Crippen molar-refractivity contribution in [2.75, 3.05) is 11.1 Å². The lowest BCUT2D eigenvalue weighted by Crippen LogP contribution is -2.14. The van der Waals surface area contributed by atoms with Crippen molar-refractivity contribution in [3.63, 3.8) is 0 Å². The van der Waals surface area contributed by atoms with Gasteiger partial charge in [-0.3, -0.25) is 4.79 Å². The molecule has 3 aromatic carbocycles. The molecule has 0 saturated carbocycles. The van der Waals surface area contributed by atoms with Gasteiger partial charge < -0.3 is 5.32 Å². The molecule has 0 unspecified atom stereocenters. The Morgan fingerprint density at radius 1 is 0.963 bits per heavy atom. The van der Waals surface area contributed by atoms with Crippen LogP contribution in [0, 0.1) is 6.92 Å². The SMILES string of the molecule is Cc1cc2nn(-c3ccccc3)nc2cc1NC(=O)CSc1ccccc1. The summed E-state index contributed by atoms with van der Waals surface area (Å²) in [5.74, 6) is 0.319. The summed E-state index contributed by atoms with van der Waals surface area (Å²) in [6.07, 6.45) is 0. The van der Waals surface area contributed by atoms with E-state index < -0.39 is 0 Å². The quantitative estimate of drug-likeness (QED) is 0.524. The van der Waals surface area contributed by atoms with Crippen LogP contribution in [0.25, 0.3) is 16.7 Å². The molecular formula is C21H18N4OS. The smallest absolute Gasteiger partial charge is 0.234 e. The minimum absolute atomic E-state index is 0.0400. The number of hydrogen-bond donors (Lipinski definition) is 1. The molecule has 0 bridgehead atoms. The number of aryl methyl sites for hydroxylation is 1. The number of amides is 1. The minimum Gasteiger partial charge on any atom is -0.325 e. The number of thioether (sulfide) groups is 1. The van der Waals surface area contributed by atoms with Crippen molar-refractivity contribution in [1.82, 2.24) is 15.0 Å². The van der Waals surface area contributed by atoms with E-state index in [1.165, 1.54) is 11.8 Å². The molecule has 0 aliphatic heterocycles. The second-order valence-corrected chi connectivity index (χ2v) is 7.18. The molecule has 1 heterocycles. The van der Waals surface area contributed by atoms with Crippen LogP contribution in [0.2, 0.25) is 0 Å². The zero-order valence-corrected chi connectivity index (χ0v) is 15.6. The highest BCUT2D eigenvalue weighted by atomic mass is 32.2. The molecule has 0 aliphatic carbocycles. The van der Waals surface area contributed by atoms with E-state index in [0.717, 1.165) is 32.9 Å². The Labute approximate surface area is 161 Å². The number of hydrogen-bond acceptors (Lipinski definition) is 4. The topological polar surface area (TPSA) is 59.8 Å². The van der Waals surface area contributed by atoms with Crippen LogP contribution in [0.5, 0.6) is 0 Å². The first-order valence-corrected chi connectivity index (χ1v) is 9.58. The highest BCUT2D eigenvalue weighted by Gasteiger charge is 2.11. The molecule has 0 spiro atoms. The van der Waals surface area contributed by atoms with E-state index >= 15 is 0 Å². The van der Waals surface area contributed by atoms with Crippen molar-refractivity contribution in [3.05, 3.63) is 78.4 Å². The van der Waals surface area contributed by atoms with Crippen molar-refractivity contribution < 1.29 is 4.79 Å². The zero-order chi connectivity index (χ0) is 18.6. The van der Waals surface area contributed by atoms with Gasteiger partial charge in [0.2, 0.25) is 5.91 Å². The monoisotopic (exact) mass is 374 g/mol. The maximum Gasteiger partial charge on any atom is 0.234 e. The number of para-hydroxylation sites is 1. The fourth-order valence-electron chi connectivity index (χ4n) is 2.73. The Balaban J connectivity index is 1.51. The van der Waals surface area contributed by atoms with Gasteiger partial charge in [-0.2, -0.15) is 4.80 Å². The van der Waals surface area contributed by atoms with E-state index in [2.05, 4.69) is 15.5 Å². The van der Waals surface area contributed by atoms with Gasteiger partial charge in [0.15, 0.2) is 0 Å². The normalized spacial score (nSPS) is 10.9. The molecule has 5 nitrogen and oxygen atoms in total. The number of nitrogens with zero attached hydrogens (tertiary/aromatic N) is 3. The summed E-state index contributed by atoms with van der Waals surface area (Å²) in [6.45, 7) is 1.96. The lowest BCUT2D eigenvalue weighted by Gasteiger charge is -2.08. The second kappa shape index (κ2) is 7.63. The largest absolute Gasteiger partial charge is 0.325 e. The number of aromatic nitrogens is 3. The van der Waals surface area contributed by atoms with E-state index in [1.807, 2.05) is 79.7 Å². The Bertz CT molecular complexity index is 1080. The van der Waals surface area contributed by atoms with Crippen LogP contribution in [0.4, 0.5) is 5.69 Å². The van der Waals surface area contributed by atoms with Gasteiger partial charge in [-0.05, 0) is 48.9 Å². The molecule has 1 amide bonds. The van der Waals surface area contributed by atoms with Crippen molar-refractivity contribution in [3.8, 4) is 5.69 Å². The first kappa shape index (κ1) is 17.3. The summed E-state index contributed by atoms with van der Waals surface area (Å²) < 4.78 is 0. The van der Waals surface area contributed by atoms with Crippen LogP contribution in [0.1, 0.15) is 5.56 Å². The maximum absolute atomic E-state index is 12.3. The lowest BCUT2D eigenvalue weighted by molar-refractivity contribution is -0.113. The van der Waals surface area contributed by atoms with Crippen LogP contribution in [-0.4, -0.2) is 26.7 Å². The number of carbonyl (C=O) groups excluding carboxylic acids is 1. The van der Waals surface area contributed by atoms with Gasteiger partial charge in [0.1, 0.15) is 11.0 Å². The molecule has 27 heavy (non-hydrogen) atoms. The molecule has 6 heteroatoms. The highest BCUT2D eigenvalue weighted by molar-refractivity contribution is 8.00. The van der Waals surface area contributed by atoms with Gasteiger partial charge in [-0.1, -0.05) is 36.4 Å². The Hall–Kier alpha value is -3.12. The van der Waals surface area contributed by atoms with Crippen molar-refractivity contribution in [1.29, 1.82) is 0 Å². The third kappa shape index (κ3) is 4.01. The molecule has 1 N–H and O–H groups in total. The average Bonchev–Trinajstić information content (AvgIpc) is 3.11. The molecule has 4 aromatic rings. The minimum atomic E-state index is -0.0400. The number of benzene rings is 3. The van der Waals surface area contributed by atoms with Gasteiger partial charge in [0, 0.05) is 10.6 Å². The first-order chi connectivity index (χ1) is 13.2. The van der Waals surface area contributed by atoms with Crippen LogP contribution in [0.15, 0.2) is 77.7 Å². The van der Waals surface area contributed by atoms with Gasteiger partial charge >= 0.3 is 0 Å². The molecule has 0 aliphatic rings. The summed E-state index contributed by atoms with van der Waals surface area (Å²) in [4.78, 5) is 15.0. The van der Waals surface area contributed by atoms with E-state index in [9.17, 15) is 4.79 Å². The number of nitrogens with one attached hydrogen (secondary N) is 1. The molecule has 4 rings (SSSR count). The average molecular weight is 374 g/mol. The van der Waals surface area contributed by atoms with Crippen LogP contribution >= 0.6 is 11.8 Å². The predicted octanol–water partition coefficient (Wildman–Crippen LogP) is 4.46. The summed E-state index contributed by atoms with van der Waals surface area (Å²) in [7, 11) is 0. The first-order valence-electron chi connectivity index (χ1n) is 8.60. The predicted molar refractivity (Wildman–Crippen MR) is 109 cm³/mol. The Morgan fingerprint density at radius 3 is 2.30 bits per heavy atom. The lowest BCUT2D eigenvalue weighted by atomic mass is 10.2. The van der Waals surface area contributed by atoms with Gasteiger partial charge in [0.25, 0.3) is 0 Å². The molecule has 134 valence electrons. The number of anilines is 1. The third-order valence-corrected chi connectivity index (χ3v) is 5.11. The molecule has 1 aromatic heterocycles. The summed E-state index contributed by atoms with van der Waals surface area (Å²) in [5, 5.41) is 12.0. The molecule has 0 saturated heterocycles. The Kier molecular flexibility index (Phi) is 4.89. The van der Waals surface area contributed by atoms with Crippen LogP contribution < -0.4 is 5.32 Å². The third-order valence-electron chi connectivity index (χ3n) is 4.10. The van der Waals surface area contributed by atoms with Gasteiger partial charge in [-0.15, -0.1) is 22.0 Å². The van der Waals surface area contributed by atoms with Crippen molar-refractivity contribution in [2.24, 2.45) is 0 Å². The molecule has 0 fully saturated rings. The maximum atomic E-state index is 12.3. The van der Waals surface area contributed by atoms with Gasteiger partial charge in [-0.25, -0.2) is 0 Å². The molecular weight excluding hydrogens is 356 g/mol. The van der Waals surface area contributed by atoms with Crippen LogP contribution in [-0.2, 0) is 4.79 Å². The number of carbonyl (C=O) groups is 1. The number of fused-ring (bicyclic) bond motifs is 1. The highest BCUT2D eigenvalue weighted by Crippen LogP contribution is 2.23. The number of rotatable bonds is 5. The summed E-state index contributed by atoms with van der Waals surface area (Å²) in [6, 6.07) is 23.5. The zero-order valence-electron chi connectivity index (χ0n) is 14.8. The van der Waals surface area contributed by atoms with Crippen molar-refractivity contribution >= 4 is 34.4 Å². The van der Waals surface area contributed by atoms with E-state index in [0.29, 0.717) is 5.75 Å². The summed E-state index contributed by atoms with van der Waals surface area (Å²) >= 11 is 1.51. The van der Waals surface area contributed by atoms with Crippen LogP contribution in [0.3, 0.4) is 0 Å². The molecule has 0 radical (unpaired) electrons.